The van der Waals surface area contributed by atoms with Crippen molar-refractivity contribution in [2.75, 3.05) is 32.7 Å². The molecule has 146 valence electrons. The molecule has 1 aliphatic rings. The molecule has 1 fully saturated rings. The monoisotopic (exact) mass is 369 g/mol. The molecule has 1 aromatic carbocycles. The average molecular weight is 370 g/mol. The number of rotatable bonds is 8. The minimum absolute atomic E-state index is 0.135. The van der Waals surface area contributed by atoms with Crippen molar-refractivity contribution < 1.29 is 4.79 Å². The maximum atomic E-state index is 12.1. The molecule has 0 saturated carbocycles. The Morgan fingerprint density at radius 1 is 1.11 bits per heavy atom. The number of carbonyl (C=O) groups is 1. The first kappa shape index (κ1) is 19.6. The van der Waals surface area contributed by atoms with Gasteiger partial charge in [0.15, 0.2) is 0 Å². The molecule has 3 rings (SSSR count). The van der Waals surface area contributed by atoms with Gasteiger partial charge in [0, 0.05) is 51.2 Å². The molecule has 0 aliphatic carbocycles. The van der Waals surface area contributed by atoms with Crippen LogP contribution in [0.1, 0.15) is 31.7 Å². The Hall–Kier alpha value is -2.18. The van der Waals surface area contributed by atoms with Crippen LogP contribution in [0.2, 0.25) is 0 Å². The second-order valence-electron chi connectivity index (χ2n) is 7.39. The summed E-state index contributed by atoms with van der Waals surface area (Å²) >= 11 is 0. The number of hydrogen-bond donors (Lipinski definition) is 1. The third kappa shape index (κ3) is 5.91. The van der Waals surface area contributed by atoms with Crippen LogP contribution in [0.4, 0.5) is 0 Å². The number of amides is 1. The minimum atomic E-state index is 0.135. The summed E-state index contributed by atoms with van der Waals surface area (Å²) < 4.78 is 2.22. The average Bonchev–Trinajstić information content (AvgIpc) is 3.10. The molecule has 2 heterocycles. The van der Waals surface area contributed by atoms with Crippen LogP contribution in [-0.4, -0.2) is 64.0 Å². The molecule has 0 bridgehead atoms. The number of nitrogens with zero attached hydrogens (tertiary/aromatic N) is 4. The molecule has 27 heavy (non-hydrogen) atoms. The number of benzene rings is 1. The Labute approximate surface area is 162 Å². The largest absolute Gasteiger partial charge is 0.353 e. The Balaban J connectivity index is 1.46. The van der Waals surface area contributed by atoms with Gasteiger partial charge in [-0.15, -0.1) is 0 Å². The quantitative estimate of drug-likeness (QED) is 0.773. The van der Waals surface area contributed by atoms with E-state index < -0.39 is 0 Å². The lowest BCUT2D eigenvalue weighted by molar-refractivity contribution is -0.123. The molecule has 1 aromatic heterocycles. The normalized spacial score (nSPS) is 17.0. The maximum Gasteiger partial charge on any atom is 0.234 e. The summed E-state index contributed by atoms with van der Waals surface area (Å²) in [7, 11) is 0. The molecule has 0 radical (unpaired) electrons. The van der Waals surface area contributed by atoms with E-state index in [2.05, 4.69) is 62.1 Å². The Morgan fingerprint density at radius 2 is 1.81 bits per heavy atom. The smallest absolute Gasteiger partial charge is 0.234 e. The van der Waals surface area contributed by atoms with Crippen LogP contribution >= 0.6 is 0 Å². The highest BCUT2D eigenvalue weighted by Gasteiger charge is 2.20. The second kappa shape index (κ2) is 9.67. The highest BCUT2D eigenvalue weighted by Crippen LogP contribution is 2.10. The van der Waals surface area contributed by atoms with Crippen LogP contribution < -0.4 is 5.32 Å². The van der Waals surface area contributed by atoms with Gasteiger partial charge in [-0.05, 0) is 18.9 Å². The standard InChI is InChI=1S/C21H31N5O/c1-3-18(2)23-21(27)17-25-13-11-24(12-14-25)16-20-22-9-10-26(20)15-19-7-5-4-6-8-19/h4-10,18H,3,11-17H2,1-2H3,(H,23,27). The van der Waals surface area contributed by atoms with Gasteiger partial charge in [0.05, 0.1) is 13.1 Å². The molecule has 1 atom stereocenters. The van der Waals surface area contributed by atoms with Gasteiger partial charge in [-0.2, -0.15) is 0 Å². The minimum Gasteiger partial charge on any atom is -0.353 e. The first-order chi connectivity index (χ1) is 13.1. The zero-order chi connectivity index (χ0) is 19.1. The van der Waals surface area contributed by atoms with Gasteiger partial charge in [0.25, 0.3) is 0 Å². The zero-order valence-corrected chi connectivity index (χ0v) is 16.5. The van der Waals surface area contributed by atoms with E-state index in [-0.39, 0.29) is 11.9 Å². The molecular formula is C21H31N5O. The fourth-order valence-electron chi connectivity index (χ4n) is 3.35. The van der Waals surface area contributed by atoms with Gasteiger partial charge in [0.2, 0.25) is 5.91 Å². The molecule has 1 amide bonds. The van der Waals surface area contributed by atoms with Crippen molar-refractivity contribution in [3.63, 3.8) is 0 Å². The van der Waals surface area contributed by atoms with E-state index in [1.807, 2.05) is 19.2 Å². The number of nitrogens with one attached hydrogen (secondary N) is 1. The van der Waals surface area contributed by atoms with Crippen molar-refractivity contribution in [3.05, 3.63) is 54.1 Å². The van der Waals surface area contributed by atoms with Gasteiger partial charge < -0.3 is 9.88 Å². The van der Waals surface area contributed by atoms with E-state index in [1.165, 1.54) is 5.56 Å². The SMILES string of the molecule is CCC(C)NC(=O)CN1CCN(Cc2nccn2Cc2ccccc2)CC1. The number of aromatic nitrogens is 2. The molecule has 1 N–H and O–H groups in total. The highest BCUT2D eigenvalue weighted by atomic mass is 16.2. The number of imidazole rings is 1. The second-order valence-corrected chi connectivity index (χ2v) is 7.39. The third-order valence-corrected chi connectivity index (χ3v) is 5.21. The molecule has 1 unspecified atom stereocenters. The number of hydrogen-bond acceptors (Lipinski definition) is 4. The fourth-order valence-corrected chi connectivity index (χ4v) is 3.35. The van der Waals surface area contributed by atoms with E-state index in [1.54, 1.807) is 0 Å². The van der Waals surface area contributed by atoms with E-state index >= 15 is 0 Å². The van der Waals surface area contributed by atoms with E-state index in [0.29, 0.717) is 6.54 Å². The fraction of sp³-hybridized carbons (Fsp3) is 0.524. The summed E-state index contributed by atoms with van der Waals surface area (Å²) in [5, 5.41) is 3.05. The molecule has 6 nitrogen and oxygen atoms in total. The molecule has 0 spiro atoms. The molecule has 6 heteroatoms. The van der Waals surface area contributed by atoms with Gasteiger partial charge in [0.1, 0.15) is 5.82 Å². The van der Waals surface area contributed by atoms with E-state index in [0.717, 1.165) is 51.5 Å². The maximum absolute atomic E-state index is 12.1. The van der Waals surface area contributed by atoms with E-state index in [4.69, 9.17) is 0 Å². The van der Waals surface area contributed by atoms with Crippen molar-refractivity contribution in [1.29, 1.82) is 0 Å². The summed E-state index contributed by atoms with van der Waals surface area (Å²) in [5.41, 5.74) is 1.29. The Bertz CT molecular complexity index is 706. The van der Waals surface area contributed by atoms with Crippen molar-refractivity contribution in [1.82, 2.24) is 24.7 Å². The van der Waals surface area contributed by atoms with Crippen LogP contribution in [-0.2, 0) is 17.9 Å². The highest BCUT2D eigenvalue weighted by molar-refractivity contribution is 5.78. The Morgan fingerprint density at radius 3 is 2.52 bits per heavy atom. The molecule has 1 saturated heterocycles. The van der Waals surface area contributed by atoms with E-state index in [9.17, 15) is 4.79 Å². The van der Waals surface area contributed by atoms with Crippen molar-refractivity contribution in [2.45, 2.75) is 39.4 Å². The van der Waals surface area contributed by atoms with Crippen LogP contribution in [0.3, 0.4) is 0 Å². The van der Waals surface area contributed by atoms with Crippen LogP contribution in [0.25, 0.3) is 0 Å². The van der Waals surface area contributed by atoms with Crippen LogP contribution in [0.15, 0.2) is 42.7 Å². The topological polar surface area (TPSA) is 53.4 Å². The van der Waals surface area contributed by atoms with Gasteiger partial charge in [-0.25, -0.2) is 4.98 Å². The first-order valence-corrected chi connectivity index (χ1v) is 9.92. The van der Waals surface area contributed by atoms with Gasteiger partial charge in [-0.1, -0.05) is 37.3 Å². The van der Waals surface area contributed by atoms with Gasteiger partial charge >= 0.3 is 0 Å². The summed E-state index contributed by atoms with van der Waals surface area (Å²) in [4.78, 5) is 21.3. The molecular weight excluding hydrogens is 338 g/mol. The molecule has 1 aliphatic heterocycles. The zero-order valence-electron chi connectivity index (χ0n) is 16.5. The summed E-state index contributed by atoms with van der Waals surface area (Å²) in [6, 6.07) is 10.7. The Kier molecular flexibility index (Phi) is 7.01. The number of piperazine rings is 1. The van der Waals surface area contributed by atoms with Crippen molar-refractivity contribution in [2.24, 2.45) is 0 Å². The lowest BCUT2D eigenvalue weighted by Crippen LogP contribution is -2.50. The summed E-state index contributed by atoms with van der Waals surface area (Å²) in [5.74, 6) is 1.23. The predicted octanol–water partition coefficient (Wildman–Crippen LogP) is 1.96. The van der Waals surface area contributed by atoms with Gasteiger partial charge in [-0.3, -0.25) is 14.6 Å². The predicted molar refractivity (Wildman–Crippen MR) is 107 cm³/mol. The third-order valence-electron chi connectivity index (χ3n) is 5.21. The van der Waals surface area contributed by atoms with Crippen LogP contribution in [0, 0.1) is 0 Å². The van der Waals surface area contributed by atoms with Crippen molar-refractivity contribution >= 4 is 5.91 Å². The van der Waals surface area contributed by atoms with Crippen molar-refractivity contribution in [3.8, 4) is 0 Å². The lowest BCUT2D eigenvalue weighted by Gasteiger charge is -2.34. The van der Waals surface area contributed by atoms with Crippen LogP contribution in [0.5, 0.6) is 0 Å². The lowest BCUT2D eigenvalue weighted by atomic mass is 10.2. The molecule has 2 aromatic rings. The first-order valence-electron chi connectivity index (χ1n) is 9.92. The summed E-state index contributed by atoms with van der Waals surface area (Å²) in [6.45, 7) is 10.1. The number of carbonyl (C=O) groups excluding carboxylic acids is 1. The summed E-state index contributed by atoms with van der Waals surface area (Å²) in [6.07, 6.45) is 4.90.